The summed E-state index contributed by atoms with van der Waals surface area (Å²) in [7, 11) is 1.47. The van der Waals surface area contributed by atoms with E-state index in [1.807, 2.05) is 0 Å². The van der Waals surface area contributed by atoms with Gasteiger partial charge in [0.1, 0.15) is 11.8 Å². The minimum atomic E-state index is -1.64. The number of nitrogens with one attached hydrogen (secondary N) is 2. The van der Waals surface area contributed by atoms with Gasteiger partial charge < -0.3 is 15.4 Å². The molecule has 0 saturated carbocycles. The summed E-state index contributed by atoms with van der Waals surface area (Å²) < 4.78 is 44.6. The molecule has 0 bridgehead atoms. The van der Waals surface area contributed by atoms with Crippen LogP contribution in [0.3, 0.4) is 0 Å². The van der Waals surface area contributed by atoms with Gasteiger partial charge in [0, 0.05) is 5.69 Å². The van der Waals surface area contributed by atoms with E-state index in [0.29, 0.717) is 16.5 Å². The van der Waals surface area contributed by atoms with Gasteiger partial charge in [0.2, 0.25) is 5.91 Å². The molecule has 4 nitrogen and oxygen atoms in total. The monoisotopic (exact) mass is 358 g/mol. The third-order valence-electron chi connectivity index (χ3n) is 3.22. The SMILES string of the molecule is COc1ccc(NC(C)C(=O)Nc2ccc(F)c(F)c2F)cc1Cl. The van der Waals surface area contributed by atoms with E-state index in [1.54, 1.807) is 18.2 Å². The summed E-state index contributed by atoms with van der Waals surface area (Å²) in [6.07, 6.45) is 0. The fraction of sp³-hybridized carbons (Fsp3) is 0.188. The standard InChI is InChI=1S/C16H14ClF3N2O2/c1-8(21-9-3-6-13(24-2)10(17)7-9)16(23)22-12-5-4-11(18)14(19)15(12)20/h3-8,21H,1-2H3,(H,22,23). The Kier molecular flexibility index (Phi) is 5.56. The van der Waals surface area contributed by atoms with Crippen LogP contribution in [0.25, 0.3) is 0 Å². The summed E-state index contributed by atoms with van der Waals surface area (Å²) in [5, 5.41) is 5.40. The number of anilines is 2. The van der Waals surface area contributed by atoms with Gasteiger partial charge in [-0.05, 0) is 37.3 Å². The second-order valence-electron chi connectivity index (χ2n) is 4.93. The summed E-state index contributed by atoms with van der Waals surface area (Å²) >= 11 is 5.98. The molecule has 0 fully saturated rings. The minimum Gasteiger partial charge on any atom is -0.495 e. The molecule has 0 saturated heterocycles. The molecule has 0 aliphatic carbocycles. The molecular formula is C16H14ClF3N2O2. The zero-order valence-corrected chi connectivity index (χ0v) is 13.5. The second kappa shape index (κ2) is 7.44. The lowest BCUT2D eigenvalue weighted by molar-refractivity contribution is -0.116. The highest BCUT2D eigenvalue weighted by Crippen LogP contribution is 2.27. The smallest absolute Gasteiger partial charge is 0.246 e. The number of hydrogen-bond donors (Lipinski definition) is 2. The summed E-state index contributed by atoms with van der Waals surface area (Å²) in [4.78, 5) is 12.1. The van der Waals surface area contributed by atoms with E-state index in [-0.39, 0.29) is 0 Å². The topological polar surface area (TPSA) is 50.4 Å². The van der Waals surface area contributed by atoms with Gasteiger partial charge in [-0.15, -0.1) is 0 Å². The van der Waals surface area contributed by atoms with Crippen LogP contribution < -0.4 is 15.4 Å². The molecule has 2 N–H and O–H groups in total. The Morgan fingerprint density at radius 1 is 1.17 bits per heavy atom. The molecule has 0 heterocycles. The molecule has 0 aliphatic rings. The largest absolute Gasteiger partial charge is 0.495 e. The van der Waals surface area contributed by atoms with Crippen LogP contribution in [0.2, 0.25) is 5.02 Å². The van der Waals surface area contributed by atoms with Gasteiger partial charge in [0.15, 0.2) is 17.5 Å². The van der Waals surface area contributed by atoms with Gasteiger partial charge in [0.05, 0.1) is 17.8 Å². The maximum Gasteiger partial charge on any atom is 0.246 e. The van der Waals surface area contributed by atoms with E-state index in [9.17, 15) is 18.0 Å². The Morgan fingerprint density at radius 3 is 2.50 bits per heavy atom. The van der Waals surface area contributed by atoms with Gasteiger partial charge in [-0.1, -0.05) is 11.6 Å². The van der Waals surface area contributed by atoms with Crippen LogP contribution in [0.4, 0.5) is 24.5 Å². The number of rotatable bonds is 5. The van der Waals surface area contributed by atoms with E-state index in [4.69, 9.17) is 16.3 Å². The Balaban J connectivity index is 2.07. The molecule has 0 spiro atoms. The lowest BCUT2D eigenvalue weighted by atomic mass is 10.2. The maximum absolute atomic E-state index is 13.6. The average molecular weight is 359 g/mol. The van der Waals surface area contributed by atoms with Crippen LogP contribution in [0.15, 0.2) is 30.3 Å². The van der Waals surface area contributed by atoms with Gasteiger partial charge >= 0.3 is 0 Å². The Bertz CT molecular complexity index is 771. The highest BCUT2D eigenvalue weighted by Gasteiger charge is 2.18. The molecule has 2 rings (SSSR count). The van der Waals surface area contributed by atoms with Gasteiger partial charge in [-0.2, -0.15) is 0 Å². The lowest BCUT2D eigenvalue weighted by Gasteiger charge is -2.16. The van der Waals surface area contributed by atoms with Gasteiger partial charge in [-0.3, -0.25) is 4.79 Å². The van der Waals surface area contributed by atoms with E-state index in [1.165, 1.54) is 14.0 Å². The molecule has 0 aliphatic heterocycles. The molecule has 24 heavy (non-hydrogen) atoms. The number of carbonyl (C=O) groups is 1. The fourth-order valence-electron chi connectivity index (χ4n) is 1.94. The molecule has 128 valence electrons. The average Bonchev–Trinajstić information content (AvgIpc) is 2.55. The van der Waals surface area contributed by atoms with Gasteiger partial charge in [-0.25, -0.2) is 13.2 Å². The van der Waals surface area contributed by atoms with Crippen molar-refractivity contribution in [2.75, 3.05) is 17.7 Å². The Labute approximate surface area is 141 Å². The van der Waals surface area contributed by atoms with Crippen molar-refractivity contribution >= 4 is 28.9 Å². The second-order valence-corrected chi connectivity index (χ2v) is 5.33. The highest BCUT2D eigenvalue weighted by molar-refractivity contribution is 6.32. The van der Waals surface area contributed by atoms with Crippen molar-refractivity contribution in [1.82, 2.24) is 0 Å². The number of amides is 1. The van der Waals surface area contributed by atoms with Crippen LogP contribution in [-0.4, -0.2) is 19.1 Å². The summed E-state index contributed by atoms with van der Waals surface area (Å²) in [5.41, 5.74) is 0.0921. The van der Waals surface area contributed by atoms with E-state index in [0.717, 1.165) is 12.1 Å². The molecule has 0 radical (unpaired) electrons. The quantitative estimate of drug-likeness (QED) is 0.787. The highest BCUT2D eigenvalue weighted by atomic mass is 35.5. The summed E-state index contributed by atoms with van der Waals surface area (Å²) in [5.74, 6) is -4.59. The number of benzene rings is 2. The predicted molar refractivity (Wildman–Crippen MR) is 86.0 cm³/mol. The van der Waals surface area contributed by atoms with Crippen molar-refractivity contribution < 1.29 is 22.7 Å². The zero-order chi connectivity index (χ0) is 17.9. The number of hydrogen-bond acceptors (Lipinski definition) is 3. The van der Waals surface area contributed by atoms with E-state index in [2.05, 4.69) is 10.6 Å². The maximum atomic E-state index is 13.6. The summed E-state index contributed by atoms with van der Waals surface area (Å²) in [6, 6.07) is 5.71. The number of ether oxygens (including phenoxy) is 1. The lowest BCUT2D eigenvalue weighted by Crippen LogP contribution is -2.32. The molecule has 1 atom stereocenters. The molecule has 2 aromatic rings. The van der Waals surface area contributed by atoms with Crippen LogP contribution in [0.5, 0.6) is 5.75 Å². The van der Waals surface area contributed by atoms with Gasteiger partial charge in [0.25, 0.3) is 0 Å². The van der Waals surface area contributed by atoms with Crippen LogP contribution in [0, 0.1) is 17.5 Å². The fourth-order valence-corrected chi connectivity index (χ4v) is 2.19. The first kappa shape index (κ1) is 17.9. The first-order valence-electron chi connectivity index (χ1n) is 6.88. The molecular weight excluding hydrogens is 345 g/mol. The molecule has 0 aromatic heterocycles. The zero-order valence-electron chi connectivity index (χ0n) is 12.8. The first-order valence-corrected chi connectivity index (χ1v) is 7.25. The molecule has 2 aromatic carbocycles. The molecule has 1 amide bonds. The summed E-state index contributed by atoms with van der Waals surface area (Å²) in [6.45, 7) is 1.52. The Morgan fingerprint density at radius 2 is 1.88 bits per heavy atom. The molecule has 8 heteroatoms. The first-order chi connectivity index (χ1) is 11.3. The number of methoxy groups -OCH3 is 1. The van der Waals surface area contributed by atoms with Crippen molar-refractivity contribution in [2.45, 2.75) is 13.0 Å². The number of halogens is 4. The van der Waals surface area contributed by atoms with Crippen LogP contribution >= 0.6 is 11.6 Å². The van der Waals surface area contributed by atoms with E-state index < -0.39 is 35.1 Å². The van der Waals surface area contributed by atoms with Crippen LogP contribution in [0.1, 0.15) is 6.92 Å². The number of carbonyl (C=O) groups excluding carboxylic acids is 1. The third kappa shape index (κ3) is 3.91. The van der Waals surface area contributed by atoms with Crippen molar-refractivity contribution in [3.05, 3.63) is 52.8 Å². The minimum absolute atomic E-state index is 0.349. The van der Waals surface area contributed by atoms with Crippen molar-refractivity contribution in [3.8, 4) is 5.75 Å². The van der Waals surface area contributed by atoms with E-state index >= 15 is 0 Å². The van der Waals surface area contributed by atoms with Crippen LogP contribution in [-0.2, 0) is 4.79 Å². The van der Waals surface area contributed by atoms with Crippen molar-refractivity contribution in [2.24, 2.45) is 0 Å². The normalized spacial score (nSPS) is 11.8. The van der Waals surface area contributed by atoms with Crippen molar-refractivity contribution in [1.29, 1.82) is 0 Å². The predicted octanol–water partition coefficient (Wildman–Crippen LogP) is 4.21. The molecule has 1 unspecified atom stereocenters. The van der Waals surface area contributed by atoms with Crippen molar-refractivity contribution in [3.63, 3.8) is 0 Å². The Hall–Kier alpha value is -2.41. The third-order valence-corrected chi connectivity index (χ3v) is 3.52.